The van der Waals surface area contributed by atoms with Gasteiger partial charge in [0.05, 0.1) is 11.9 Å². The monoisotopic (exact) mass is 374 g/mol. The summed E-state index contributed by atoms with van der Waals surface area (Å²) in [5, 5.41) is 10.2. The molecule has 0 aliphatic carbocycles. The average molecular weight is 374 g/mol. The molecule has 2 aromatic heterocycles. The Kier molecular flexibility index (Phi) is 5.07. The number of anilines is 1. The third-order valence-electron chi connectivity index (χ3n) is 4.12. The molecule has 6 heteroatoms. The lowest BCUT2D eigenvalue weighted by molar-refractivity contribution is -0.116. The number of benzene rings is 2. The number of aromatic nitrogens is 3. The zero-order valence-electron chi connectivity index (χ0n) is 14.6. The van der Waals surface area contributed by atoms with E-state index >= 15 is 0 Å². The summed E-state index contributed by atoms with van der Waals surface area (Å²) >= 11 is 1.58. The summed E-state index contributed by atoms with van der Waals surface area (Å²) < 4.78 is 1.82. The number of hydrogen-bond acceptors (Lipinski definition) is 4. The lowest BCUT2D eigenvalue weighted by Crippen LogP contribution is -2.12. The van der Waals surface area contributed by atoms with Crippen molar-refractivity contribution in [1.29, 1.82) is 0 Å². The van der Waals surface area contributed by atoms with Gasteiger partial charge in [-0.1, -0.05) is 30.3 Å². The summed E-state index contributed by atoms with van der Waals surface area (Å²) in [6, 6.07) is 17.7. The molecule has 0 radical (unpaired) electrons. The van der Waals surface area contributed by atoms with Gasteiger partial charge >= 0.3 is 0 Å². The maximum absolute atomic E-state index is 12.3. The Morgan fingerprint density at radius 2 is 2.00 bits per heavy atom. The molecule has 4 rings (SSSR count). The molecule has 4 aromatic rings. The van der Waals surface area contributed by atoms with Crippen LogP contribution in [0.1, 0.15) is 12.0 Å². The first-order valence-electron chi connectivity index (χ1n) is 8.67. The van der Waals surface area contributed by atoms with Crippen LogP contribution in [-0.2, 0) is 11.2 Å². The second-order valence-electron chi connectivity index (χ2n) is 6.09. The third-order valence-corrected chi connectivity index (χ3v) is 4.95. The van der Waals surface area contributed by atoms with Gasteiger partial charge in [0.1, 0.15) is 5.01 Å². The van der Waals surface area contributed by atoms with Crippen LogP contribution >= 0.6 is 11.3 Å². The number of aryl methyl sites for hydroxylation is 1. The predicted octanol–water partition coefficient (Wildman–Crippen LogP) is 4.57. The number of nitrogens with zero attached hydrogens (tertiary/aromatic N) is 3. The van der Waals surface area contributed by atoms with Crippen LogP contribution in [0.4, 0.5) is 5.69 Å². The molecular weight excluding hydrogens is 356 g/mol. The molecule has 0 saturated heterocycles. The molecule has 0 unspecified atom stereocenters. The first-order chi connectivity index (χ1) is 13.3. The fraction of sp³-hybridized carbons (Fsp3) is 0.0952. The smallest absolute Gasteiger partial charge is 0.224 e. The van der Waals surface area contributed by atoms with Crippen LogP contribution in [0.3, 0.4) is 0 Å². The van der Waals surface area contributed by atoms with E-state index in [-0.39, 0.29) is 5.91 Å². The maximum Gasteiger partial charge on any atom is 0.224 e. The van der Waals surface area contributed by atoms with Crippen molar-refractivity contribution in [3.8, 4) is 16.3 Å². The fourth-order valence-electron chi connectivity index (χ4n) is 2.79. The third kappa shape index (κ3) is 4.30. The number of rotatable bonds is 6. The Labute approximate surface area is 161 Å². The Hall–Kier alpha value is -3.25. The van der Waals surface area contributed by atoms with E-state index in [1.165, 1.54) is 0 Å². The van der Waals surface area contributed by atoms with Gasteiger partial charge in [-0.25, -0.2) is 9.67 Å². The van der Waals surface area contributed by atoms with Crippen molar-refractivity contribution in [2.24, 2.45) is 0 Å². The van der Waals surface area contributed by atoms with Gasteiger partial charge in [0.25, 0.3) is 0 Å². The molecule has 2 aromatic carbocycles. The first kappa shape index (κ1) is 17.2. The minimum absolute atomic E-state index is 0.0150. The Balaban J connectivity index is 1.35. The van der Waals surface area contributed by atoms with Crippen LogP contribution in [0.15, 0.2) is 78.6 Å². The van der Waals surface area contributed by atoms with Crippen molar-refractivity contribution in [2.45, 2.75) is 12.8 Å². The number of nitrogens with one attached hydrogen (secondary N) is 1. The largest absolute Gasteiger partial charge is 0.326 e. The summed E-state index contributed by atoms with van der Waals surface area (Å²) in [6.45, 7) is 0. The molecule has 5 nitrogen and oxygen atoms in total. The molecule has 0 bridgehead atoms. The van der Waals surface area contributed by atoms with E-state index in [0.717, 1.165) is 27.5 Å². The topological polar surface area (TPSA) is 59.8 Å². The molecular formula is C21H18N4OS. The zero-order valence-corrected chi connectivity index (χ0v) is 15.4. The highest BCUT2D eigenvalue weighted by atomic mass is 32.1. The molecule has 1 amide bonds. The number of para-hydroxylation sites is 1. The average Bonchev–Trinajstić information content (AvgIpc) is 3.40. The molecule has 1 N–H and O–H groups in total. The molecule has 2 heterocycles. The highest BCUT2D eigenvalue weighted by Crippen LogP contribution is 2.24. The SMILES string of the molecule is O=C(CCc1cnn(-c2ccccc2)c1)Nc1cccc(-c2nccs2)c1. The summed E-state index contributed by atoms with van der Waals surface area (Å²) in [5.74, 6) is -0.0150. The van der Waals surface area contributed by atoms with Crippen LogP contribution in [0.2, 0.25) is 0 Å². The van der Waals surface area contributed by atoms with Crippen molar-refractivity contribution in [1.82, 2.24) is 14.8 Å². The van der Waals surface area contributed by atoms with Crippen LogP contribution in [0, 0.1) is 0 Å². The van der Waals surface area contributed by atoms with Crippen LogP contribution in [0.5, 0.6) is 0 Å². The molecule has 0 aliphatic heterocycles. The van der Waals surface area contributed by atoms with Crippen molar-refractivity contribution in [3.05, 3.63) is 84.1 Å². The van der Waals surface area contributed by atoms with Crippen molar-refractivity contribution >= 4 is 22.9 Å². The van der Waals surface area contributed by atoms with Gasteiger partial charge in [-0.05, 0) is 36.2 Å². The molecule has 0 atom stereocenters. The Bertz CT molecular complexity index is 1030. The van der Waals surface area contributed by atoms with Gasteiger partial charge in [-0.3, -0.25) is 4.79 Å². The predicted molar refractivity (Wildman–Crippen MR) is 108 cm³/mol. The van der Waals surface area contributed by atoms with Gasteiger partial charge in [-0.2, -0.15) is 5.10 Å². The quantitative estimate of drug-likeness (QED) is 0.538. The van der Waals surface area contributed by atoms with E-state index in [1.807, 2.05) is 77.1 Å². The van der Waals surface area contributed by atoms with Gasteiger partial charge in [-0.15, -0.1) is 11.3 Å². The van der Waals surface area contributed by atoms with Crippen molar-refractivity contribution < 1.29 is 4.79 Å². The van der Waals surface area contributed by atoms with E-state index in [1.54, 1.807) is 17.5 Å². The zero-order chi connectivity index (χ0) is 18.5. The van der Waals surface area contributed by atoms with Crippen molar-refractivity contribution in [3.63, 3.8) is 0 Å². The summed E-state index contributed by atoms with van der Waals surface area (Å²) in [6.07, 6.45) is 6.60. The summed E-state index contributed by atoms with van der Waals surface area (Å²) in [5.41, 5.74) is 3.83. The highest BCUT2D eigenvalue weighted by molar-refractivity contribution is 7.13. The van der Waals surface area contributed by atoms with Crippen LogP contribution < -0.4 is 5.32 Å². The number of carbonyl (C=O) groups is 1. The Morgan fingerprint density at radius 1 is 1.11 bits per heavy atom. The number of amides is 1. The molecule has 0 aliphatic rings. The number of carbonyl (C=O) groups excluding carboxylic acids is 1. The minimum Gasteiger partial charge on any atom is -0.326 e. The fourth-order valence-corrected chi connectivity index (χ4v) is 3.42. The van der Waals surface area contributed by atoms with Gasteiger partial charge in [0.15, 0.2) is 0 Å². The summed E-state index contributed by atoms with van der Waals surface area (Å²) in [7, 11) is 0. The lowest BCUT2D eigenvalue weighted by atomic mass is 10.1. The van der Waals surface area contributed by atoms with E-state index in [9.17, 15) is 4.79 Å². The van der Waals surface area contributed by atoms with Gasteiger partial charge in [0.2, 0.25) is 5.91 Å². The Morgan fingerprint density at radius 3 is 2.81 bits per heavy atom. The van der Waals surface area contributed by atoms with E-state index in [2.05, 4.69) is 15.4 Å². The second kappa shape index (κ2) is 7.97. The second-order valence-corrected chi connectivity index (χ2v) is 6.99. The standard InChI is InChI=1S/C21H18N4OS/c26-20(24-18-6-4-5-17(13-18)21-22-11-12-27-21)10-9-16-14-23-25(15-16)19-7-2-1-3-8-19/h1-8,11-15H,9-10H2,(H,24,26). The summed E-state index contributed by atoms with van der Waals surface area (Å²) in [4.78, 5) is 16.6. The molecule has 134 valence electrons. The van der Waals surface area contributed by atoms with E-state index in [0.29, 0.717) is 12.8 Å². The minimum atomic E-state index is -0.0150. The molecule has 0 spiro atoms. The first-order valence-corrected chi connectivity index (χ1v) is 9.55. The van der Waals surface area contributed by atoms with Gasteiger partial charge < -0.3 is 5.32 Å². The van der Waals surface area contributed by atoms with Crippen LogP contribution in [-0.4, -0.2) is 20.7 Å². The molecule has 0 fully saturated rings. The van der Waals surface area contributed by atoms with Gasteiger partial charge in [0, 0.05) is 35.4 Å². The normalized spacial score (nSPS) is 10.7. The number of hydrogen-bond donors (Lipinski definition) is 1. The lowest BCUT2D eigenvalue weighted by Gasteiger charge is -2.06. The van der Waals surface area contributed by atoms with Crippen molar-refractivity contribution in [2.75, 3.05) is 5.32 Å². The van der Waals surface area contributed by atoms with E-state index in [4.69, 9.17) is 0 Å². The number of thiazole rings is 1. The maximum atomic E-state index is 12.3. The van der Waals surface area contributed by atoms with Crippen LogP contribution in [0.25, 0.3) is 16.3 Å². The van der Waals surface area contributed by atoms with E-state index < -0.39 is 0 Å². The molecule has 0 saturated carbocycles. The highest BCUT2D eigenvalue weighted by Gasteiger charge is 2.07. The molecule has 27 heavy (non-hydrogen) atoms.